The number of nitrogens with zero attached hydrogens (tertiary/aromatic N) is 2. The number of aryl methyl sites for hydroxylation is 1. The molecule has 0 unspecified atom stereocenters. The zero-order valence-electron chi connectivity index (χ0n) is 18.9. The predicted octanol–water partition coefficient (Wildman–Crippen LogP) is 4.36. The van der Waals surface area contributed by atoms with E-state index in [9.17, 15) is 9.59 Å². The second kappa shape index (κ2) is 8.76. The topological polar surface area (TPSA) is 61.9 Å². The number of ether oxygens (including phenoxy) is 1. The molecular formula is C27H23N3O3S. The Morgan fingerprint density at radius 2 is 1.59 bits per heavy atom. The molecule has 170 valence electrons. The van der Waals surface area contributed by atoms with Crippen LogP contribution >= 0.6 is 12.2 Å². The Morgan fingerprint density at radius 3 is 2.24 bits per heavy atom. The Hall–Kier alpha value is -3.97. The van der Waals surface area contributed by atoms with Crippen molar-refractivity contribution in [2.24, 2.45) is 0 Å². The molecule has 34 heavy (non-hydrogen) atoms. The van der Waals surface area contributed by atoms with Gasteiger partial charge in [0, 0.05) is 30.4 Å². The third-order valence-electron chi connectivity index (χ3n) is 6.12. The van der Waals surface area contributed by atoms with Gasteiger partial charge in [-0.1, -0.05) is 42.0 Å². The van der Waals surface area contributed by atoms with E-state index in [1.54, 1.807) is 25.3 Å². The summed E-state index contributed by atoms with van der Waals surface area (Å²) in [4.78, 5) is 29.6. The summed E-state index contributed by atoms with van der Waals surface area (Å²) in [6, 6.07) is 21.6. The van der Waals surface area contributed by atoms with Gasteiger partial charge in [0.05, 0.1) is 12.8 Å². The van der Waals surface area contributed by atoms with Gasteiger partial charge in [-0.25, -0.2) is 0 Å². The van der Waals surface area contributed by atoms with Crippen molar-refractivity contribution in [2.45, 2.75) is 20.0 Å². The molecular weight excluding hydrogens is 446 g/mol. The van der Waals surface area contributed by atoms with Crippen molar-refractivity contribution < 1.29 is 14.3 Å². The molecule has 3 aromatic carbocycles. The summed E-state index contributed by atoms with van der Waals surface area (Å²) >= 11 is 5.29. The lowest BCUT2D eigenvalue weighted by Gasteiger charge is -2.29. The number of nitrogens with one attached hydrogen (secondary N) is 1. The van der Waals surface area contributed by atoms with Crippen molar-refractivity contribution in [1.29, 1.82) is 0 Å². The summed E-state index contributed by atoms with van der Waals surface area (Å²) in [6.45, 7) is 3.61. The van der Waals surface area contributed by atoms with Gasteiger partial charge in [-0.05, 0) is 60.6 Å². The number of hydrogen-bond acceptors (Lipinski definition) is 5. The van der Waals surface area contributed by atoms with Crippen molar-refractivity contribution in [3.8, 4) is 5.75 Å². The first-order valence-electron chi connectivity index (χ1n) is 10.9. The van der Waals surface area contributed by atoms with Crippen LogP contribution in [0.2, 0.25) is 0 Å². The number of amides is 2. The first-order valence-corrected chi connectivity index (χ1v) is 11.3. The number of carbonyl (C=O) groups excluding carboxylic acids is 2. The standard InChI is InChI=1S/C27H23N3O3S/c1-17-7-10-21(11-8-17)30-26(32)23(25(31)28-27(30)34)13-18-9-12-22(14-24(18)33-2)29-15-19-5-3-4-6-20(19)16-29/h3-14H,15-16H2,1-2H3,(H,28,31,34)/b23-13-. The van der Waals surface area contributed by atoms with Gasteiger partial charge < -0.3 is 9.64 Å². The van der Waals surface area contributed by atoms with E-state index in [2.05, 4.69) is 34.5 Å². The number of rotatable bonds is 4. The highest BCUT2D eigenvalue weighted by Crippen LogP contribution is 2.33. The Balaban J connectivity index is 1.46. The molecule has 0 aliphatic carbocycles. The van der Waals surface area contributed by atoms with Crippen molar-refractivity contribution in [2.75, 3.05) is 16.9 Å². The third kappa shape index (κ3) is 3.95. The van der Waals surface area contributed by atoms with Crippen molar-refractivity contribution in [3.63, 3.8) is 0 Å². The molecule has 0 atom stereocenters. The molecule has 0 aromatic heterocycles. The SMILES string of the molecule is COc1cc(N2Cc3ccccc3C2)ccc1/C=C1/C(=O)NC(=S)N(c2ccc(C)cc2)C1=O. The molecule has 1 saturated heterocycles. The van der Waals surface area contributed by atoms with E-state index in [1.165, 1.54) is 16.0 Å². The molecule has 1 fully saturated rings. The molecule has 0 bridgehead atoms. The molecule has 2 aliphatic heterocycles. The molecule has 0 saturated carbocycles. The highest BCUT2D eigenvalue weighted by Gasteiger charge is 2.34. The van der Waals surface area contributed by atoms with Crippen LogP contribution < -0.4 is 19.9 Å². The molecule has 3 aromatic rings. The van der Waals surface area contributed by atoms with Gasteiger partial charge in [0.2, 0.25) is 0 Å². The zero-order chi connectivity index (χ0) is 23.8. The number of fused-ring (bicyclic) bond motifs is 1. The normalized spacial score (nSPS) is 16.6. The number of thiocarbonyl (C=S) groups is 1. The van der Waals surface area contributed by atoms with Crippen LogP contribution in [-0.4, -0.2) is 24.0 Å². The maximum Gasteiger partial charge on any atom is 0.270 e. The molecule has 0 spiro atoms. The van der Waals surface area contributed by atoms with Crippen LogP contribution in [0, 0.1) is 6.92 Å². The van der Waals surface area contributed by atoms with Crippen LogP contribution in [0.15, 0.2) is 72.3 Å². The summed E-state index contributed by atoms with van der Waals surface area (Å²) in [6.07, 6.45) is 1.56. The zero-order valence-corrected chi connectivity index (χ0v) is 19.7. The van der Waals surface area contributed by atoms with Gasteiger partial charge in [0.1, 0.15) is 11.3 Å². The van der Waals surface area contributed by atoms with Gasteiger partial charge in [0.25, 0.3) is 11.8 Å². The average molecular weight is 470 g/mol. The summed E-state index contributed by atoms with van der Waals surface area (Å²) in [5.41, 5.74) is 5.92. The lowest BCUT2D eigenvalue weighted by Crippen LogP contribution is -2.54. The summed E-state index contributed by atoms with van der Waals surface area (Å²) in [5, 5.41) is 2.69. The van der Waals surface area contributed by atoms with E-state index in [1.807, 2.05) is 37.3 Å². The van der Waals surface area contributed by atoms with E-state index < -0.39 is 11.8 Å². The third-order valence-corrected chi connectivity index (χ3v) is 6.40. The maximum absolute atomic E-state index is 13.3. The quantitative estimate of drug-likeness (QED) is 0.350. The van der Waals surface area contributed by atoms with Gasteiger partial charge in [-0.15, -0.1) is 0 Å². The number of hydrogen-bond donors (Lipinski definition) is 1. The van der Waals surface area contributed by atoms with Crippen molar-refractivity contribution >= 4 is 46.6 Å². The lowest BCUT2D eigenvalue weighted by atomic mass is 10.1. The Bertz CT molecular complexity index is 1320. The molecule has 5 rings (SSSR count). The summed E-state index contributed by atoms with van der Waals surface area (Å²) < 4.78 is 5.63. The maximum atomic E-state index is 13.3. The fourth-order valence-corrected chi connectivity index (χ4v) is 4.55. The Labute approximate surface area is 203 Å². The average Bonchev–Trinajstić information content (AvgIpc) is 3.27. The lowest BCUT2D eigenvalue weighted by molar-refractivity contribution is -0.122. The van der Waals surface area contributed by atoms with Crippen LogP contribution in [0.5, 0.6) is 5.75 Å². The second-order valence-corrected chi connectivity index (χ2v) is 8.73. The van der Waals surface area contributed by atoms with Gasteiger partial charge in [-0.3, -0.25) is 19.8 Å². The first-order chi connectivity index (χ1) is 16.4. The summed E-state index contributed by atoms with van der Waals surface area (Å²) in [5.74, 6) is -0.421. The van der Waals surface area contributed by atoms with Crippen LogP contribution in [0.4, 0.5) is 11.4 Å². The number of methoxy groups -OCH3 is 1. The number of anilines is 2. The minimum absolute atomic E-state index is 0.00574. The number of carbonyl (C=O) groups is 2. The van der Waals surface area contributed by atoms with E-state index in [4.69, 9.17) is 17.0 Å². The molecule has 2 heterocycles. The molecule has 1 N–H and O–H groups in total. The van der Waals surface area contributed by atoms with Crippen LogP contribution in [0.1, 0.15) is 22.3 Å². The predicted molar refractivity (Wildman–Crippen MR) is 137 cm³/mol. The van der Waals surface area contributed by atoms with E-state index in [0.29, 0.717) is 17.0 Å². The number of benzene rings is 3. The minimum Gasteiger partial charge on any atom is -0.496 e. The van der Waals surface area contributed by atoms with Crippen LogP contribution in [-0.2, 0) is 22.7 Å². The fraction of sp³-hybridized carbons (Fsp3) is 0.148. The smallest absolute Gasteiger partial charge is 0.270 e. The Kier molecular flexibility index (Phi) is 5.63. The van der Waals surface area contributed by atoms with Crippen molar-refractivity contribution in [1.82, 2.24) is 5.32 Å². The summed E-state index contributed by atoms with van der Waals surface area (Å²) in [7, 11) is 1.58. The molecule has 2 aliphatic rings. The van der Waals surface area contributed by atoms with Gasteiger partial charge in [-0.2, -0.15) is 0 Å². The molecule has 7 heteroatoms. The van der Waals surface area contributed by atoms with Crippen LogP contribution in [0.25, 0.3) is 6.08 Å². The second-order valence-electron chi connectivity index (χ2n) is 8.34. The Morgan fingerprint density at radius 1 is 0.941 bits per heavy atom. The largest absolute Gasteiger partial charge is 0.496 e. The van der Waals surface area contributed by atoms with E-state index >= 15 is 0 Å². The van der Waals surface area contributed by atoms with Crippen LogP contribution in [0.3, 0.4) is 0 Å². The monoisotopic (exact) mass is 469 g/mol. The van der Waals surface area contributed by atoms with E-state index in [-0.39, 0.29) is 10.7 Å². The highest BCUT2D eigenvalue weighted by atomic mass is 32.1. The molecule has 2 amide bonds. The minimum atomic E-state index is -0.528. The fourth-order valence-electron chi connectivity index (χ4n) is 4.27. The molecule has 0 radical (unpaired) electrons. The molecule has 6 nitrogen and oxygen atoms in total. The van der Waals surface area contributed by atoms with Crippen molar-refractivity contribution in [3.05, 3.63) is 94.6 Å². The first kappa shape index (κ1) is 21.9. The highest BCUT2D eigenvalue weighted by molar-refractivity contribution is 7.80. The van der Waals surface area contributed by atoms with E-state index in [0.717, 1.165) is 24.3 Å². The van der Waals surface area contributed by atoms with Gasteiger partial charge >= 0.3 is 0 Å². The van der Waals surface area contributed by atoms with Gasteiger partial charge in [0.15, 0.2) is 5.11 Å².